The number of carbonyl (C=O) groups excluding carboxylic acids is 1. The molecule has 5 rings (SSSR count). The quantitative estimate of drug-likeness (QED) is 0.476. The summed E-state index contributed by atoms with van der Waals surface area (Å²) in [6, 6.07) is 9.15. The second-order valence-electron chi connectivity index (χ2n) is 7.62. The molecule has 0 aliphatic carbocycles. The molecule has 11 heteroatoms. The van der Waals surface area contributed by atoms with Crippen molar-refractivity contribution in [2.45, 2.75) is 12.0 Å². The zero-order chi connectivity index (χ0) is 22.3. The SMILES string of the molecule is CN1CCC(O)(c2cccc(-c3nc(-c4ccnc(Nc5cn(C)nn5)n4)cs3)c2)C1=O. The fourth-order valence-electron chi connectivity index (χ4n) is 3.64. The van der Waals surface area contributed by atoms with Gasteiger partial charge in [-0.3, -0.25) is 9.48 Å². The van der Waals surface area contributed by atoms with Crippen LogP contribution in [0.5, 0.6) is 0 Å². The Morgan fingerprint density at radius 1 is 1.19 bits per heavy atom. The van der Waals surface area contributed by atoms with Crippen LogP contribution in [0.25, 0.3) is 22.0 Å². The van der Waals surface area contributed by atoms with Gasteiger partial charge in [-0.05, 0) is 17.7 Å². The van der Waals surface area contributed by atoms with E-state index in [0.29, 0.717) is 41.7 Å². The third-order valence-corrected chi connectivity index (χ3v) is 6.25. The molecule has 1 aromatic carbocycles. The van der Waals surface area contributed by atoms with E-state index in [1.165, 1.54) is 11.3 Å². The van der Waals surface area contributed by atoms with E-state index >= 15 is 0 Å². The van der Waals surface area contributed by atoms with Gasteiger partial charge < -0.3 is 15.3 Å². The lowest BCUT2D eigenvalue weighted by Gasteiger charge is -2.21. The zero-order valence-corrected chi connectivity index (χ0v) is 18.2. The number of nitrogens with one attached hydrogen (secondary N) is 1. The highest BCUT2D eigenvalue weighted by atomic mass is 32.1. The minimum absolute atomic E-state index is 0.279. The van der Waals surface area contributed by atoms with E-state index in [0.717, 1.165) is 10.6 Å². The van der Waals surface area contributed by atoms with Crippen LogP contribution in [0.2, 0.25) is 0 Å². The Labute approximate surface area is 187 Å². The summed E-state index contributed by atoms with van der Waals surface area (Å²) in [5.41, 5.74) is 1.30. The number of hydrogen-bond acceptors (Lipinski definition) is 9. The van der Waals surface area contributed by atoms with Crippen LogP contribution in [0.15, 0.2) is 48.1 Å². The third-order valence-electron chi connectivity index (χ3n) is 5.36. The van der Waals surface area contributed by atoms with E-state index in [-0.39, 0.29) is 5.91 Å². The van der Waals surface area contributed by atoms with Crippen LogP contribution >= 0.6 is 11.3 Å². The molecule has 1 saturated heterocycles. The molecular weight excluding hydrogens is 428 g/mol. The first-order valence-electron chi connectivity index (χ1n) is 9.93. The van der Waals surface area contributed by atoms with Crippen molar-refractivity contribution in [2.75, 3.05) is 18.9 Å². The lowest BCUT2D eigenvalue weighted by Crippen LogP contribution is -2.36. The van der Waals surface area contributed by atoms with Gasteiger partial charge in [0.1, 0.15) is 10.7 Å². The molecule has 1 atom stereocenters. The first kappa shape index (κ1) is 20.2. The van der Waals surface area contributed by atoms with Gasteiger partial charge in [-0.1, -0.05) is 23.4 Å². The van der Waals surface area contributed by atoms with Crippen LogP contribution in [0.1, 0.15) is 12.0 Å². The summed E-state index contributed by atoms with van der Waals surface area (Å²) < 4.78 is 1.58. The molecule has 1 unspecified atom stereocenters. The number of amides is 1. The second-order valence-corrected chi connectivity index (χ2v) is 8.48. The van der Waals surface area contributed by atoms with Crippen molar-refractivity contribution < 1.29 is 9.90 Å². The Hall–Kier alpha value is -3.70. The fourth-order valence-corrected chi connectivity index (χ4v) is 4.45. The van der Waals surface area contributed by atoms with Crippen molar-refractivity contribution in [1.29, 1.82) is 0 Å². The van der Waals surface area contributed by atoms with E-state index in [9.17, 15) is 9.90 Å². The maximum absolute atomic E-state index is 12.5. The summed E-state index contributed by atoms with van der Waals surface area (Å²) in [5.74, 6) is 0.662. The van der Waals surface area contributed by atoms with E-state index < -0.39 is 5.60 Å². The average Bonchev–Trinajstić information content (AvgIpc) is 3.52. The summed E-state index contributed by atoms with van der Waals surface area (Å²) in [4.78, 5) is 27.5. The Morgan fingerprint density at radius 3 is 2.81 bits per heavy atom. The lowest BCUT2D eigenvalue weighted by molar-refractivity contribution is -0.143. The van der Waals surface area contributed by atoms with Gasteiger partial charge in [-0.15, -0.1) is 16.4 Å². The molecule has 0 bridgehead atoms. The molecule has 32 heavy (non-hydrogen) atoms. The van der Waals surface area contributed by atoms with Crippen molar-refractivity contribution in [3.63, 3.8) is 0 Å². The third kappa shape index (κ3) is 3.61. The molecule has 2 N–H and O–H groups in total. The first-order chi connectivity index (χ1) is 15.4. The molecule has 1 fully saturated rings. The molecule has 1 amide bonds. The number of thiazole rings is 1. The number of benzene rings is 1. The van der Waals surface area contributed by atoms with Crippen molar-refractivity contribution in [3.8, 4) is 22.0 Å². The van der Waals surface area contributed by atoms with Gasteiger partial charge in [-0.2, -0.15) is 0 Å². The van der Waals surface area contributed by atoms with E-state index in [4.69, 9.17) is 4.98 Å². The van der Waals surface area contributed by atoms with E-state index in [1.807, 2.05) is 23.6 Å². The molecule has 10 nitrogen and oxygen atoms in total. The summed E-state index contributed by atoms with van der Waals surface area (Å²) in [6.07, 6.45) is 3.75. The number of rotatable bonds is 5. The van der Waals surface area contributed by atoms with Crippen molar-refractivity contribution in [2.24, 2.45) is 7.05 Å². The second kappa shape index (κ2) is 7.77. The maximum atomic E-state index is 12.5. The van der Waals surface area contributed by atoms with Crippen LogP contribution in [0.4, 0.5) is 11.8 Å². The van der Waals surface area contributed by atoms with Gasteiger partial charge in [0.2, 0.25) is 5.95 Å². The number of aliphatic hydroxyl groups is 1. The average molecular weight is 449 g/mol. The molecule has 3 aromatic heterocycles. The lowest BCUT2D eigenvalue weighted by atomic mass is 9.91. The fraction of sp³-hybridized carbons (Fsp3) is 0.238. The van der Waals surface area contributed by atoms with Crippen LogP contribution in [-0.4, -0.2) is 59.5 Å². The number of aromatic nitrogens is 6. The topological polar surface area (TPSA) is 122 Å². The Morgan fingerprint density at radius 2 is 2.06 bits per heavy atom. The number of nitrogens with zero attached hydrogens (tertiary/aromatic N) is 7. The van der Waals surface area contributed by atoms with E-state index in [2.05, 4.69) is 25.6 Å². The van der Waals surface area contributed by atoms with Crippen molar-refractivity contribution in [1.82, 2.24) is 34.8 Å². The predicted molar refractivity (Wildman–Crippen MR) is 119 cm³/mol. The Kier molecular flexibility index (Phi) is 4.91. The molecule has 4 heterocycles. The Bertz CT molecular complexity index is 1300. The highest BCUT2D eigenvalue weighted by Gasteiger charge is 2.45. The number of carbonyl (C=O) groups is 1. The van der Waals surface area contributed by atoms with Crippen LogP contribution in [0.3, 0.4) is 0 Å². The van der Waals surface area contributed by atoms with Gasteiger partial charge >= 0.3 is 0 Å². The first-order valence-corrected chi connectivity index (χ1v) is 10.8. The largest absolute Gasteiger partial charge is 0.375 e. The summed E-state index contributed by atoms with van der Waals surface area (Å²) in [5, 5.41) is 24.5. The number of aryl methyl sites for hydroxylation is 1. The molecule has 1 aliphatic rings. The smallest absolute Gasteiger partial charge is 0.258 e. The minimum Gasteiger partial charge on any atom is -0.375 e. The predicted octanol–water partition coefficient (Wildman–Crippen LogP) is 2.19. The van der Waals surface area contributed by atoms with Crippen molar-refractivity contribution in [3.05, 3.63) is 53.7 Å². The van der Waals surface area contributed by atoms with Gasteiger partial charge in [0.25, 0.3) is 5.91 Å². The Balaban J connectivity index is 1.41. The normalized spacial score (nSPS) is 18.3. The zero-order valence-electron chi connectivity index (χ0n) is 17.4. The maximum Gasteiger partial charge on any atom is 0.258 e. The van der Waals surface area contributed by atoms with Crippen LogP contribution in [0, 0.1) is 0 Å². The summed E-state index contributed by atoms with van der Waals surface area (Å²) in [6.45, 7) is 0.527. The number of likely N-dealkylation sites (N-methyl/N-ethyl adjacent to an activating group) is 1. The molecule has 1 aliphatic heterocycles. The van der Waals surface area contributed by atoms with Crippen LogP contribution < -0.4 is 5.32 Å². The molecule has 0 radical (unpaired) electrons. The number of hydrogen-bond donors (Lipinski definition) is 2. The summed E-state index contributed by atoms with van der Waals surface area (Å²) >= 11 is 1.47. The van der Waals surface area contributed by atoms with Gasteiger partial charge in [-0.25, -0.2) is 15.0 Å². The monoisotopic (exact) mass is 448 g/mol. The van der Waals surface area contributed by atoms with Crippen LogP contribution in [-0.2, 0) is 17.4 Å². The standard InChI is InChI=1S/C21H20N8O2S/c1-28-9-7-21(31,19(28)30)14-5-3-4-13(10-14)18-23-16(12-32-18)15-6-8-22-20(24-15)25-17-11-29(2)27-26-17/h3-6,8,10-12,31H,7,9H2,1-2H3,(H,22,24,25). The van der Waals surface area contributed by atoms with Gasteiger partial charge in [0.05, 0.1) is 11.9 Å². The van der Waals surface area contributed by atoms with E-state index in [1.54, 1.807) is 48.2 Å². The molecular formula is C21H20N8O2S. The number of anilines is 2. The van der Waals surface area contributed by atoms with Gasteiger partial charge in [0, 0.05) is 44.2 Å². The summed E-state index contributed by atoms with van der Waals surface area (Å²) in [7, 11) is 3.48. The molecule has 0 spiro atoms. The van der Waals surface area contributed by atoms with Gasteiger partial charge in [0.15, 0.2) is 11.4 Å². The molecule has 162 valence electrons. The number of likely N-dealkylation sites (tertiary alicyclic amines) is 1. The highest BCUT2D eigenvalue weighted by Crippen LogP contribution is 2.36. The van der Waals surface area contributed by atoms with Crippen molar-refractivity contribution >= 4 is 29.0 Å². The molecule has 4 aromatic rings. The minimum atomic E-state index is -1.49. The highest BCUT2D eigenvalue weighted by molar-refractivity contribution is 7.13. The molecule has 0 saturated carbocycles.